The van der Waals surface area contributed by atoms with E-state index in [0.717, 1.165) is 25.7 Å². The Morgan fingerprint density at radius 1 is 1.00 bits per heavy atom. The van der Waals surface area contributed by atoms with Gasteiger partial charge in [0.15, 0.2) is 17.8 Å². The Kier molecular flexibility index (Phi) is 11.9. The zero-order valence-electron chi connectivity index (χ0n) is 22.8. The van der Waals surface area contributed by atoms with Gasteiger partial charge in [-0.2, -0.15) is 0 Å². The van der Waals surface area contributed by atoms with E-state index in [1.165, 1.54) is 6.33 Å². The van der Waals surface area contributed by atoms with Gasteiger partial charge in [0, 0.05) is 13.2 Å². The average molecular weight is 549 g/mol. The molecule has 0 amide bonds. The van der Waals surface area contributed by atoms with Gasteiger partial charge in [-0.3, -0.25) is 4.57 Å². The monoisotopic (exact) mass is 548 g/mol. The molecule has 0 bridgehead atoms. The summed E-state index contributed by atoms with van der Waals surface area (Å²) in [4.78, 5) is 12.5. The molecule has 12 heteroatoms. The molecule has 0 saturated heterocycles. The lowest BCUT2D eigenvalue weighted by Gasteiger charge is -2.30. The third-order valence-electron chi connectivity index (χ3n) is 5.78. The number of imidazole rings is 1. The molecule has 2 heterocycles. The largest absolute Gasteiger partial charge is 0.431 e. The van der Waals surface area contributed by atoms with Crippen LogP contribution in [0.25, 0.3) is 11.2 Å². The molecule has 3 unspecified atom stereocenters. The minimum absolute atomic E-state index is 0.159. The number of nitrogens with zero attached hydrogens (tertiary/aromatic N) is 4. The fourth-order valence-corrected chi connectivity index (χ4v) is 5.56. The van der Waals surface area contributed by atoms with Gasteiger partial charge in [0.05, 0.1) is 25.0 Å². The molecule has 0 aliphatic rings. The summed E-state index contributed by atoms with van der Waals surface area (Å²) >= 11 is 0. The van der Waals surface area contributed by atoms with Crippen LogP contribution in [-0.4, -0.2) is 57.5 Å². The minimum Gasteiger partial charge on any atom is -0.431 e. The van der Waals surface area contributed by atoms with E-state index in [-0.39, 0.29) is 12.5 Å². The van der Waals surface area contributed by atoms with Gasteiger partial charge in [0.2, 0.25) is 0 Å². The van der Waals surface area contributed by atoms with Crippen molar-refractivity contribution in [2.45, 2.75) is 78.4 Å². The van der Waals surface area contributed by atoms with Crippen molar-refractivity contribution in [2.24, 2.45) is 0 Å². The van der Waals surface area contributed by atoms with Crippen molar-refractivity contribution in [3.8, 4) is 5.75 Å². The number of anilines is 1. The molecule has 2 aromatic heterocycles. The number of nitrogen functional groups attached to an aromatic ring is 1. The number of unbranched alkanes of at least 4 members (excludes halogenated alkanes) is 2. The molecule has 0 aliphatic heterocycles. The minimum atomic E-state index is -3.53. The number of nitrogens with two attached hydrogens (primary N) is 1. The standard InChI is InChI=1S/C26H41N6O5P/c1-5-7-14-34-26(35-15-8-6-2)21(4)31-38(33,37-22-12-10-9-11-13-22)19-36-20(3)16-32-18-30-23-24(27)28-17-29-25(23)32/h9-13,17-18,20-21,26H,5-8,14-16,19H2,1-4H3,(H,31,33)(H2,27,28,29). The summed E-state index contributed by atoms with van der Waals surface area (Å²) in [5.74, 6) is 0.799. The molecule has 0 radical (unpaired) electrons. The van der Waals surface area contributed by atoms with Gasteiger partial charge in [-0.05, 0) is 38.8 Å². The number of ether oxygens (including phenoxy) is 3. The smallest absolute Gasteiger partial charge is 0.342 e. The van der Waals surface area contributed by atoms with Crippen LogP contribution in [-0.2, 0) is 25.3 Å². The first kappa shape index (κ1) is 30.0. The van der Waals surface area contributed by atoms with Crippen molar-refractivity contribution in [3.63, 3.8) is 0 Å². The number of hydrogen-bond acceptors (Lipinski definition) is 9. The Balaban J connectivity index is 1.70. The molecule has 0 spiro atoms. The molecule has 0 aliphatic carbocycles. The van der Waals surface area contributed by atoms with Crippen LogP contribution >= 0.6 is 7.52 Å². The summed E-state index contributed by atoms with van der Waals surface area (Å²) in [6.45, 7) is 9.52. The molecule has 0 saturated carbocycles. The van der Waals surface area contributed by atoms with Gasteiger partial charge < -0.3 is 29.0 Å². The van der Waals surface area contributed by atoms with Gasteiger partial charge >= 0.3 is 7.52 Å². The number of nitrogens with one attached hydrogen (secondary N) is 1. The topological polar surface area (TPSA) is 136 Å². The third-order valence-corrected chi connectivity index (χ3v) is 7.57. The van der Waals surface area contributed by atoms with Crippen LogP contribution < -0.4 is 15.3 Å². The Bertz CT molecular complexity index is 1140. The number of hydrogen-bond donors (Lipinski definition) is 2. The van der Waals surface area contributed by atoms with Gasteiger partial charge in [-0.15, -0.1) is 0 Å². The molecule has 3 aromatic rings. The number of fused-ring (bicyclic) bond motifs is 1. The molecule has 38 heavy (non-hydrogen) atoms. The zero-order chi connectivity index (χ0) is 27.4. The highest BCUT2D eigenvalue weighted by Crippen LogP contribution is 2.44. The van der Waals surface area contributed by atoms with Crippen molar-refractivity contribution >= 4 is 24.5 Å². The van der Waals surface area contributed by atoms with Crippen LogP contribution in [0.1, 0.15) is 53.4 Å². The van der Waals surface area contributed by atoms with Gasteiger partial charge in [0.25, 0.3) is 0 Å². The SMILES string of the molecule is CCCCOC(OCCCC)C(C)NP(=O)(COC(C)Cn1cnc2c(N)ncnc21)Oc1ccccc1. The Morgan fingerprint density at radius 2 is 1.68 bits per heavy atom. The number of aromatic nitrogens is 4. The van der Waals surface area contributed by atoms with E-state index in [1.807, 2.05) is 36.6 Å². The fraction of sp³-hybridized carbons (Fsp3) is 0.577. The average Bonchev–Trinajstić information content (AvgIpc) is 3.31. The molecule has 0 fully saturated rings. The highest BCUT2D eigenvalue weighted by Gasteiger charge is 2.32. The van der Waals surface area contributed by atoms with Crippen molar-refractivity contribution in [2.75, 3.05) is 25.3 Å². The first-order valence-corrected chi connectivity index (χ1v) is 15.0. The summed E-state index contributed by atoms with van der Waals surface area (Å²) in [6, 6.07) is 8.64. The second kappa shape index (κ2) is 15.1. The summed E-state index contributed by atoms with van der Waals surface area (Å²) in [5, 5.41) is 3.15. The number of rotatable bonds is 18. The number of para-hydroxylation sites is 1. The first-order valence-electron chi connectivity index (χ1n) is 13.2. The van der Waals surface area contributed by atoms with Crippen molar-refractivity contribution in [1.82, 2.24) is 24.6 Å². The maximum absolute atomic E-state index is 14.1. The second-order valence-electron chi connectivity index (χ2n) is 9.25. The third kappa shape index (κ3) is 9.03. The molecule has 3 N–H and O–H groups in total. The van der Waals surface area contributed by atoms with Crippen LogP contribution in [0.2, 0.25) is 0 Å². The molecule has 3 atom stereocenters. The summed E-state index contributed by atoms with van der Waals surface area (Å²) < 4.78 is 40.0. The van der Waals surface area contributed by atoms with Crippen molar-refractivity contribution in [1.29, 1.82) is 0 Å². The van der Waals surface area contributed by atoms with Crippen molar-refractivity contribution in [3.05, 3.63) is 43.0 Å². The number of benzene rings is 1. The highest BCUT2D eigenvalue weighted by molar-refractivity contribution is 7.57. The zero-order valence-corrected chi connectivity index (χ0v) is 23.7. The maximum atomic E-state index is 14.1. The molecule has 3 rings (SSSR count). The van der Waals surface area contributed by atoms with Crippen LogP contribution in [0.15, 0.2) is 43.0 Å². The molecule has 210 valence electrons. The van der Waals surface area contributed by atoms with E-state index in [1.54, 1.807) is 18.5 Å². The lowest BCUT2D eigenvalue weighted by Crippen LogP contribution is -2.41. The highest BCUT2D eigenvalue weighted by atomic mass is 31.2. The van der Waals surface area contributed by atoms with E-state index in [4.69, 9.17) is 24.5 Å². The Hall–Kier alpha value is -2.56. The lowest BCUT2D eigenvalue weighted by molar-refractivity contribution is -0.155. The Labute approximate surface area is 224 Å². The van der Waals surface area contributed by atoms with Crippen LogP contribution in [0.4, 0.5) is 5.82 Å². The predicted octanol–water partition coefficient (Wildman–Crippen LogP) is 4.98. The van der Waals surface area contributed by atoms with Gasteiger partial charge in [0.1, 0.15) is 23.9 Å². The summed E-state index contributed by atoms with van der Waals surface area (Å²) in [7, 11) is -3.53. The molecule has 1 aromatic carbocycles. The fourth-order valence-electron chi connectivity index (χ4n) is 3.72. The van der Waals surface area contributed by atoms with E-state index < -0.39 is 19.9 Å². The quantitative estimate of drug-likeness (QED) is 0.127. The van der Waals surface area contributed by atoms with E-state index in [0.29, 0.717) is 42.5 Å². The second-order valence-corrected chi connectivity index (χ2v) is 11.3. The van der Waals surface area contributed by atoms with Crippen LogP contribution in [0.3, 0.4) is 0 Å². The Morgan fingerprint density at radius 3 is 2.34 bits per heavy atom. The van der Waals surface area contributed by atoms with Gasteiger partial charge in [-0.1, -0.05) is 44.9 Å². The first-order chi connectivity index (χ1) is 18.3. The normalized spacial score (nSPS) is 15.0. The van der Waals surface area contributed by atoms with E-state index >= 15 is 0 Å². The van der Waals surface area contributed by atoms with E-state index in [2.05, 4.69) is 33.9 Å². The predicted molar refractivity (Wildman–Crippen MR) is 148 cm³/mol. The molecular weight excluding hydrogens is 507 g/mol. The van der Waals surface area contributed by atoms with Crippen molar-refractivity contribution < 1.29 is 23.3 Å². The summed E-state index contributed by atoms with van der Waals surface area (Å²) in [6.07, 6.45) is 5.83. The molecule has 11 nitrogen and oxygen atoms in total. The van der Waals surface area contributed by atoms with E-state index in [9.17, 15) is 4.57 Å². The van der Waals surface area contributed by atoms with Crippen LogP contribution in [0.5, 0.6) is 5.75 Å². The van der Waals surface area contributed by atoms with Crippen LogP contribution in [0, 0.1) is 0 Å². The molecular formula is C26H41N6O5P. The maximum Gasteiger partial charge on any atom is 0.342 e. The van der Waals surface area contributed by atoms with Gasteiger partial charge in [-0.25, -0.2) is 20.0 Å². The summed E-state index contributed by atoms with van der Waals surface area (Å²) in [5.41, 5.74) is 7.04. The lowest BCUT2D eigenvalue weighted by atomic mass is 10.3.